The molecule has 4 nitrogen and oxygen atoms in total. The Morgan fingerprint density at radius 1 is 1.00 bits per heavy atom. The van der Waals surface area contributed by atoms with Gasteiger partial charge in [-0.1, -0.05) is 60.1 Å². The van der Waals surface area contributed by atoms with Gasteiger partial charge in [-0.15, -0.1) is 0 Å². The van der Waals surface area contributed by atoms with Crippen LogP contribution in [0.1, 0.15) is 33.1 Å². The monoisotopic (exact) mass is 433 g/mol. The Labute approximate surface area is 189 Å². The zero-order chi connectivity index (χ0) is 21.8. The number of benzene rings is 3. The Balaban J connectivity index is 1.57. The minimum absolute atomic E-state index is 0.0796. The van der Waals surface area contributed by atoms with Gasteiger partial charge < -0.3 is 10.2 Å². The average molecular weight is 434 g/mol. The summed E-state index contributed by atoms with van der Waals surface area (Å²) < 4.78 is 0. The van der Waals surface area contributed by atoms with Crippen molar-refractivity contribution in [2.24, 2.45) is 0 Å². The minimum Gasteiger partial charge on any atom is -0.378 e. The van der Waals surface area contributed by atoms with Crippen molar-refractivity contribution in [3.63, 3.8) is 0 Å². The van der Waals surface area contributed by atoms with E-state index >= 15 is 0 Å². The second-order valence-corrected chi connectivity index (χ2v) is 8.59. The van der Waals surface area contributed by atoms with Crippen LogP contribution < -0.4 is 10.2 Å². The van der Waals surface area contributed by atoms with E-state index in [2.05, 4.69) is 63.6 Å². The van der Waals surface area contributed by atoms with Crippen molar-refractivity contribution in [1.82, 2.24) is 10.2 Å². The summed E-state index contributed by atoms with van der Waals surface area (Å²) in [5.41, 5.74) is 5.65. The van der Waals surface area contributed by atoms with Crippen LogP contribution in [0.3, 0.4) is 0 Å². The lowest BCUT2D eigenvalue weighted by Gasteiger charge is -2.36. The number of carbonyl (C=O) groups is 1. The molecule has 0 bridgehead atoms. The molecule has 1 heterocycles. The Morgan fingerprint density at radius 3 is 2.39 bits per heavy atom. The lowest BCUT2D eigenvalue weighted by Crippen LogP contribution is -2.40. The molecule has 0 spiro atoms. The SMILES string of the molecule is CN(C)c1ccc([C@@H](CNC(=O)c2ccccc2Cl)N2CCc3ccccc3C2)cc1. The van der Waals surface area contributed by atoms with Gasteiger partial charge in [-0.05, 0) is 47.4 Å². The maximum absolute atomic E-state index is 12.8. The molecule has 0 unspecified atom stereocenters. The lowest BCUT2D eigenvalue weighted by molar-refractivity contribution is 0.0928. The van der Waals surface area contributed by atoms with Gasteiger partial charge in [0.2, 0.25) is 0 Å². The number of anilines is 1. The van der Waals surface area contributed by atoms with E-state index in [4.69, 9.17) is 11.6 Å². The summed E-state index contributed by atoms with van der Waals surface area (Å²) in [4.78, 5) is 17.4. The maximum atomic E-state index is 12.8. The number of carbonyl (C=O) groups excluding carboxylic acids is 1. The molecule has 3 aromatic carbocycles. The van der Waals surface area contributed by atoms with Gasteiger partial charge in [0, 0.05) is 39.4 Å². The lowest BCUT2D eigenvalue weighted by atomic mass is 9.96. The van der Waals surface area contributed by atoms with Crippen molar-refractivity contribution in [2.45, 2.75) is 19.0 Å². The van der Waals surface area contributed by atoms with Gasteiger partial charge in [0.1, 0.15) is 0 Å². The van der Waals surface area contributed by atoms with Gasteiger partial charge >= 0.3 is 0 Å². The van der Waals surface area contributed by atoms with Gasteiger partial charge in [-0.3, -0.25) is 9.69 Å². The van der Waals surface area contributed by atoms with Crippen LogP contribution in [0.5, 0.6) is 0 Å². The summed E-state index contributed by atoms with van der Waals surface area (Å²) in [6.07, 6.45) is 1.01. The summed E-state index contributed by atoms with van der Waals surface area (Å²) >= 11 is 6.23. The van der Waals surface area contributed by atoms with Gasteiger partial charge in [-0.2, -0.15) is 0 Å². The van der Waals surface area contributed by atoms with Crippen LogP contribution in [0.25, 0.3) is 0 Å². The van der Waals surface area contributed by atoms with Gasteiger partial charge in [0.05, 0.1) is 16.6 Å². The Bertz CT molecular complexity index is 1050. The molecule has 5 heteroatoms. The van der Waals surface area contributed by atoms with Gasteiger partial charge in [0.15, 0.2) is 0 Å². The molecule has 160 valence electrons. The number of hydrogen-bond donors (Lipinski definition) is 1. The van der Waals surface area contributed by atoms with E-state index in [0.29, 0.717) is 17.1 Å². The molecular formula is C26H28ClN3O. The summed E-state index contributed by atoms with van der Waals surface area (Å²) in [7, 11) is 4.08. The highest BCUT2D eigenvalue weighted by Crippen LogP contribution is 2.29. The molecule has 0 aliphatic carbocycles. The highest BCUT2D eigenvalue weighted by Gasteiger charge is 2.25. The zero-order valence-electron chi connectivity index (χ0n) is 18.0. The first kappa shape index (κ1) is 21.4. The average Bonchev–Trinajstić information content (AvgIpc) is 2.79. The summed E-state index contributed by atoms with van der Waals surface area (Å²) in [6, 6.07) is 24.5. The standard InChI is InChI=1S/C26H28ClN3O/c1-29(2)22-13-11-20(12-14-22)25(17-28-26(31)23-9-5-6-10-24(23)27)30-16-15-19-7-3-4-8-21(19)18-30/h3-14,25H,15-18H2,1-2H3,(H,28,31)/t25-/m1/s1. The van der Waals surface area contributed by atoms with E-state index in [-0.39, 0.29) is 11.9 Å². The first-order valence-corrected chi connectivity index (χ1v) is 11.0. The molecular weight excluding hydrogens is 406 g/mol. The molecule has 1 aliphatic heterocycles. The Kier molecular flexibility index (Phi) is 6.59. The molecule has 4 rings (SSSR count). The molecule has 0 aromatic heterocycles. The fourth-order valence-corrected chi connectivity index (χ4v) is 4.39. The van der Waals surface area contributed by atoms with E-state index in [9.17, 15) is 4.79 Å². The third-order valence-electron chi connectivity index (χ3n) is 5.97. The molecule has 1 amide bonds. The number of amides is 1. The third kappa shape index (κ3) is 4.92. The molecule has 1 aliphatic rings. The van der Waals surface area contributed by atoms with E-state index in [1.807, 2.05) is 26.2 Å². The third-order valence-corrected chi connectivity index (χ3v) is 6.30. The summed E-state index contributed by atoms with van der Waals surface area (Å²) in [6.45, 7) is 2.35. The second-order valence-electron chi connectivity index (χ2n) is 8.18. The molecule has 1 atom stereocenters. The first-order chi connectivity index (χ1) is 15.0. The first-order valence-electron chi connectivity index (χ1n) is 10.6. The smallest absolute Gasteiger partial charge is 0.252 e. The van der Waals surface area contributed by atoms with Crippen LogP contribution in [-0.4, -0.2) is 38.0 Å². The number of rotatable bonds is 6. The van der Waals surface area contributed by atoms with Crippen molar-refractivity contribution in [3.05, 3.63) is 100 Å². The largest absolute Gasteiger partial charge is 0.378 e. The normalized spacial score (nSPS) is 14.5. The molecule has 0 radical (unpaired) electrons. The number of nitrogens with one attached hydrogen (secondary N) is 1. The van der Waals surface area contributed by atoms with Crippen molar-refractivity contribution in [2.75, 3.05) is 32.1 Å². The van der Waals surface area contributed by atoms with Crippen molar-refractivity contribution >= 4 is 23.2 Å². The van der Waals surface area contributed by atoms with Crippen molar-refractivity contribution in [1.29, 1.82) is 0 Å². The quantitative estimate of drug-likeness (QED) is 0.598. The van der Waals surface area contributed by atoms with E-state index in [1.54, 1.807) is 12.1 Å². The summed E-state index contributed by atoms with van der Waals surface area (Å²) in [5.74, 6) is -0.141. The highest BCUT2D eigenvalue weighted by atomic mass is 35.5. The van der Waals surface area contributed by atoms with Crippen LogP contribution in [-0.2, 0) is 13.0 Å². The van der Waals surface area contributed by atoms with Gasteiger partial charge in [-0.25, -0.2) is 0 Å². The Morgan fingerprint density at radius 2 is 1.68 bits per heavy atom. The fraction of sp³-hybridized carbons (Fsp3) is 0.269. The molecule has 1 N–H and O–H groups in total. The molecule has 3 aromatic rings. The molecule has 0 saturated heterocycles. The van der Waals surface area contributed by atoms with Crippen LogP contribution >= 0.6 is 11.6 Å². The predicted molar refractivity (Wildman–Crippen MR) is 128 cm³/mol. The fourth-order valence-electron chi connectivity index (χ4n) is 4.17. The molecule has 31 heavy (non-hydrogen) atoms. The van der Waals surface area contributed by atoms with Gasteiger partial charge in [0.25, 0.3) is 5.91 Å². The number of halogens is 1. The van der Waals surface area contributed by atoms with Crippen LogP contribution in [0.4, 0.5) is 5.69 Å². The van der Waals surface area contributed by atoms with E-state index in [0.717, 1.165) is 25.2 Å². The number of fused-ring (bicyclic) bond motifs is 1. The van der Waals surface area contributed by atoms with Crippen molar-refractivity contribution < 1.29 is 4.79 Å². The zero-order valence-corrected chi connectivity index (χ0v) is 18.8. The minimum atomic E-state index is -0.141. The number of hydrogen-bond acceptors (Lipinski definition) is 3. The van der Waals surface area contributed by atoms with Crippen molar-refractivity contribution in [3.8, 4) is 0 Å². The van der Waals surface area contributed by atoms with Crippen LogP contribution in [0.15, 0.2) is 72.8 Å². The highest BCUT2D eigenvalue weighted by molar-refractivity contribution is 6.33. The van der Waals surface area contributed by atoms with E-state index < -0.39 is 0 Å². The molecule has 0 saturated carbocycles. The topological polar surface area (TPSA) is 35.6 Å². The molecule has 0 fully saturated rings. The predicted octanol–water partition coefficient (Wildman–Crippen LogP) is 4.94. The van der Waals surface area contributed by atoms with Crippen LogP contribution in [0, 0.1) is 0 Å². The maximum Gasteiger partial charge on any atom is 0.252 e. The van der Waals surface area contributed by atoms with Crippen LogP contribution in [0.2, 0.25) is 5.02 Å². The number of nitrogens with zero attached hydrogens (tertiary/aromatic N) is 2. The second kappa shape index (κ2) is 9.54. The summed E-state index contributed by atoms with van der Waals surface area (Å²) in [5, 5.41) is 3.59. The van der Waals surface area contributed by atoms with E-state index in [1.165, 1.54) is 16.7 Å². The Hall–Kier alpha value is -2.82.